The first-order valence-corrected chi connectivity index (χ1v) is 3.68. The maximum Gasteiger partial charge on any atom is 0.297 e. The normalized spacial score (nSPS) is 14.0. The first-order chi connectivity index (χ1) is 5.93. The van der Waals surface area contributed by atoms with E-state index < -0.39 is 0 Å². The number of para-hydroxylation sites is 1. The lowest BCUT2D eigenvalue weighted by Gasteiger charge is -2.05. The Balaban J connectivity index is 2.47. The Morgan fingerprint density at radius 2 is 2.33 bits per heavy atom. The maximum atomic E-state index is 5.28. The van der Waals surface area contributed by atoms with Crippen LogP contribution in [0.5, 0.6) is 11.8 Å². The van der Waals surface area contributed by atoms with Gasteiger partial charge in [-0.3, -0.25) is 0 Å². The second-order valence-corrected chi connectivity index (χ2v) is 2.60. The number of fused-ring (bicyclic) bond motifs is 1. The van der Waals surface area contributed by atoms with Gasteiger partial charge in [-0.2, -0.15) is 4.98 Å². The highest BCUT2D eigenvalue weighted by atomic mass is 16.7. The summed E-state index contributed by atoms with van der Waals surface area (Å²) in [5.74, 6) is 0.771. The van der Waals surface area contributed by atoms with Gasteiger partial charge in [0, 0.05) is 0 Å². The van der Waals surface area contributed by atoms with Crippen molar-refractivity contribution in [2.75, 3.05) is 6.79 Å². The van der Waals surface area contributed by atoms with Crippen molar-refractivity contribution in [3.63, 3.8) is 0 Å². The standard InChI is InChI=1S/C8H6N2O2/c1-2-5-7-6(3-1)11-4-12-8(9-5)10-7/h1-3H,4H2,(H,9,10). The third-order valence-electron chi connectivity index (χ3n) is 1.86. The van der Waals surface area contributed by atoms with Gasteiger partial charge in [0.15, 0.2) is 5.75 Å². The van der Waals surface area contributed by atoms with Crippen molar-refractivity contribution in [1.29, 1.82) is 0 Å². The lowest BCUT2D eigenvalue weighted by Crippen LogP contribution is -2.05. The summed E-state index contributed by atoms with van der Waals surface area (Å²) < 4.78 is 10.4. The van der Waals surface area contributed by atoms with E-state index in [9.17, 15) is 0 Å². The zero-order valence-electron chi connectivity index (χ0n) is 6.20. The molecule has 0 saturated carbocycles. The Hall–Kier alpha value is -1.71. The molecule has 4 nitrogen and oxygen atoms in total. The quantitative estimate of drug-likeness (QED) is 0.635. The molecular formula is C8H6N2O2. The van der Waals surface area contributed by atoms with Gasteiger partial charge in [0.2, 0.25) is 6.79 Å². The molecule has 60 valence electrons. The number of benzene rings is 1. The number of aromatic nitrogens is 2. The van der Waals surface area contributed by atoms with Crippen LogP contribution in [0.25, 0.3) is 11.0 Å². The first-order valence-electron chi connectivity index (χ1n) is 3.68. The molecule has 0 saturated heterocycles. The number of nitrogens with one attached hydrogen (secondary N) is 1. The molecule has 0 unspecified atom stereocenters. The highest BCUT2D eigenvalue weighted by Crippen LogP contribution is 2.27. The van der Waals surface area contributed by atoms with E-state index in [4.69, 9.17) is 9.47 Å². The molecule has 0 radical (unpaired) electrons. The van der Waals surface area contributed by atoms with E-state index in [0.29, 0.717) is 6.01 Å². The maximum absolute atomic E-state index is 5.28. The number of nitrogens with zero attached hydrogens (tertiary/aromatic N) is 1. The molecule has 2 aromatic rings. The van der Waals surface area contributed by atoms with E-state index in [1.54, 1.807) is 0 Å². The zero-order chi connectivity index (χ0) is 7.97. The minimum Gasteiger partial charge on any atom is -0.455 e. The Bertz CT molecular complexity index is 436. The topological polar surface area (TPSA) is 47.1 Å². The molecule has 0 aliphatic carbocycles. The summed E-state index contributed by atoms with van der Waals surface area (Å²) in [6.07, 6.45) is 0. The highest BCUT2D eigenvalue weighted by Gasteiger charge is 2.12. The lowest BCUT2D eigenvalue weighted by atomic mass is 10.3. The molecule has 0 atom stereocenters. The lowest BCUT2D eigenvalue weighted by molar-refractivity contribution is 0.116. The van der Waals surface area contributed by atoms with Gasteiger partial charge in [0.25, 0.3) is 6.01 Å². The average molecular weight is 162 g/mol. The third kappa shape index (κ3) is 0.637. The van der Waals surface area contributed by atoms with Crippen LogP contribution in [0.2, 0.25) is 0 Å². The van der Waals surface area contributed by atoms with E-state index in [2.05, 4.69) is 9.97 Å². The summed E-state index contributed by atoms with van der Waals surface area (Å²) in [7, 11) is 0. The second-order valence-electron chi connectivity index (χ2n) is 2.60. The van der Waals surface area contributed by atoms with Crippen LogP contribution in [-0.2, 0) is 0 Å². The molecule has 0 fully saturated rings. The summed E-state index contributed by atoms with van der Waals surface area (Å²) in [6.45, 7) is 0.224. The summed E-state index contributed by atoms with van der Waals surface area (Å²) in [5, 5.41) is 0. The van der Waals surface area contributed by atoms with Crippen molar-refractivity contribution in [2.24, 2.45) is 0 Å². The molecule has 2 heterocycles. The van der Waals surface area contributed by atoms with Gasteiger partial charge < -0.3 is 14.5 Å². The van der Waals surface area contributed by atoms with Crippen LogP contribution in [0, 0.1) is 0 Å². The third-order valence-corrected chi connectivity index (χ3v) is 1.86. The largest absolute Gasteiger partial charge is 0.455 e. The molecule has 2 bridgehead atoms. The van der Waals surface area contributed by atoms with Crippen molar-refractivity contribution in [3.05, 3.63) is 18.2 Å². The summed E-state index contributed by atoms with van der Waals surface area (Å²) in [5.41, 5.74) is 1.78. The van der Waals surface area contributed by atoms with Crippen LogP contribution >= 0.6 is 0 Å². The minimum atomic E-state index is 0.224. The van der Waals surface area contributed by atoms with E-state index in [0.717, 1.165) is 16.8 Å². The van der Waals surface area contributed by atoms with Gasteiger partial charge in [0.1, 0.15) is 5.52 Å². The van der Waals surface area contributed by atoms with Gasteiger partial charge in [-0.15, -0.1) is 0 Å². The number of imidazole rings is 1. The Morgan fingerprint density at radius 1 is 1.33 bits per heavy atom. The van der Waals surface area contributed by atoms with Crippen molar-refractivity contribution in [2.45, 2.75) is 0 Å². The fourth-order valence-corrected chi connectivity index (χ4v) is 1.32. The van der Waals surface area contributed by atoms with Gasteiger partial charge in [-0.05, 0) is 12.1 Å². The fraction of sp³-hybridized carbons (Fsp3) is 0.125. The molecule has 3 rings (SSSR count). The Kier molecular flexibility index (Phi) is 0.935. The van der Waals surface area contributed by atoms with E-state index in [-0.39, 0.29) is 6.79 Å². The monoisotopic (exact) mass is 162 g/mol. The molecule has 0 amide bonds. The second kappa shape index (κ2) is 1.91. The van der Waals surface area contributed by atoms with Crippen LogP contribution in [0.4, 0.5) is 0 Å². The van der Waals surface area contributed by atoms with Crippen LogP contribution in [-0.4, -0.2) is 16.8 Å². The predicted molar refractivity (Wildman–Crippen MR) is 42.2 cm³/mol. The van der Waals surface area contributed by atoms with Crippen LogP contribution in [0.3, 0.4) is 0 Å². The SMILES string of the molecule is c1cc2c3nc([nH]c3c1)OCO2. The van der Waals surface area contributed by atoms with Crippen molar-refractivity contribution >= 4 is 11.0 Å². The molecular weight excluding hydrogens is 156 g/mol. The van der Waals surface area contributed by atoms with Crippen LogP contribution in [0.1, 0.15) is 0 Å². The smallest absolute Gasteiger partial charge is 0.297 e. The van der Waals surface area contributed by atoms with Gasteiger partial charge >= 0.3 is 0 Å². The number of ether oxygens (including phenoxy) is 2. The summed E-state index contributed by atoms with van der Waals surface area (Å²) >= 11 is 0. The minimum absolute atomic E-state index is 0.224. The van der Waals surface area contributed by atoms with Gasteiger partial charge in [-0.1, -0.05) is 6.07 Å². The summed E-state index contributed by atoms with van der Waals surface area (Å²) in [4.78, 5) is 7.21. The highest BCUT2D eigenvalue weighted by molar-refractivity contribution is 5.82. The molecule has 1 N–H and O–H groups in total. The zero-order valence-corrected chi connectivity index (χ0v) is 6.20. The molecule has 4 heteroatoms. The molecule has 1 aliphatic rings. The van der Waals surface area contributed by atoms with E-state index >= 15 is 0 Å². The van der Waals surface area contributed by atoms with E-state index in [1.165, 1.54) is 0 Å². The molecule has 0 spiro atoms. The fourth-order valence-electron chi connectivity index (χ4n) is 1.32. The van der Waals surface area contributed by atoms with Crippen LogP contribution < -0.4 is 9.47 Å². The first kappa shape index (κ1) is 5.88. The molecule has 12 heavy (non-hydrogen) atoms. The predicted octanol–water partition coefficient (Wildman–Crippen LogP) is 1.29. The average Bonchev–Trinajstić information content (AvgIpc) is 2.37. The number of aromatic amines is 1. The van der Waals surface area contributed by atoms with Crippen molar-refractivity contribution in [3.8, 4) is 11.8 Å². The Labute approximate surface area is 68.1 Å². The van der Waals surface area contributed by atoms with Gasteiger partial charge in [-0.25, -0.2) is 0 Å². The molecule has 1 aromatic heterocycles. The number of H-pyrrole nitrogens is 1. The van der Waals surface area contributed by atoms with Gasteiger partial charge in [0.05, 0.1) is 5.52 Å². The van der Waals surface area contributed by atoms with Crippen molar-refractivity contribution in [1.82, 2.24) is 9.97 Å². The number of rotatable bonds is 0. The number of hydrogen-bond donors (Lipinski definition) is 1. The summed E-state index contributed by atoms with van der Waals surface area (Å²) in [6, 6.07) is 6.26. The van der Waals surface area contributed by atoms with E-state index in [1.807, 2.05) is 18.2 Å². The molecule has 1 aliphatic heterocycles. The molecule has 1 aromatic carbocycles. The Morgan fingerprint density at radius 3 is 3.33 bits per heavy atom. The van der Waals surface area contributed by atoms with Crippen molar-refractivity contribution < 1.29 is 9.47 Å². The number of hydrogen-bond acceptors (Lipinski definition) is 3. The van der Waals surface area contributed by atoms with Crippen LogP contribution in [0.15, 0.2) is 18.2 Å².